The minimum Gasteiger partial charge on any atom is -0.312 e. The van der Waals surface area contributed by atoms with Gasteiger partial charge in [0.15, 0.2) is 0 Å². The van der Waals surface area contributed by atoms with E-state index in [1.807, 2.05) is 22.9 Å². The van der Waals surface area contributed by atoms with E-state index in [-0.39, 0.29) is 5.91 Å². The number of hydrogen-bond acceptors (Lipinski definition) is 3. The molecule has 0 saturated carbocycles. The predicted octanol–water partition coefficient (Wildman–Crippen LogP) is 3.35. The number of pyridine rings is 1. The number of carbonyl (C=O) groups is 1. The summed E-state index contributed by atoms with van der Waals surface area (Å²) >= 11 is 0. The van der Waals surface area contributed by atoms with Crippen LogP contribution in [0.5, 0.6) is 0 Å². The fourth-order valence-corrected chi connectivity index (χ4v) is 3.65. The van der Waals surface area contributed by atoms with Crippen LogP contribution in [-0.4, -0.2) is 22.0 Å². The number of nitrogens with zero attached hydrogens (tertiary/aromatic N) is 2. The fourth-order valence-electron chi connectivity index (χ4n) is 3.65. The maximum Gasteiger partial charge on any atom is 0.231 e. The molecule has 2 aromatic heterocycles. The third kappa shape index (κ3) is 2.74. The largest absolute Gasteiger partial charge is 0.312 e. The number of para-hydroxylation sites is 1. The minimum absolute atomic E-state index is 0.238. The van der Waals surface area contributed by atoms with Gasteiger partial charge in [-0.25, -0.2) is 0 Å². The predicted molar refractivity (Wildman–Crippen MR) is 95.2 cm³/mol. The number of hydrogen-bond donors (Lipinski definition) is 1. The Morgan fingerprint density at radius 1 is 1.12 bits per heavy atom. The number of fused-ring (bicyclic) bond motifs is 3. The second kappa shape index (κ2) is 6.57. The quantitative estimate of drug-likeness (QED) is 0.734. The number of carbonyl (C=O) groups excluding carboxylic acids is 1. The van der Waals surface area contributed by atoms with Crippen molar-refractivity contribution in [2.75, 3.05) is 6.54 Å². The van der Waals surface area contributed by atoms with E-state index in [0.29, 0.717) is 6.42 Å². The van der Waals surface area contributed by atoms with Crippen LogP contribution >= 0.6 is 0 Å². The van der Waals surface area contributed by atoms with Crippen molar-refractivity contribution in [2.45, 2.75) is 32.2 Å². The lowest BCUT2D eigenvalue weighted by Crippen LogP contribution is -2.21. The summed E-state index contributed by atoms with van der Waals surface area (Å²) in [6.07, 6.45) is 7.24. The molecule has 4 rings (SSSR count). The van der Waals surface area contributed by atoms with E-state index in [1.165, 1.54) is 22.2 Å². The second-order valence-electron chi connectivity index (χ2n) is 6.31. The molecule has 0 fully saturated rings. The van der Waals surface area contributed by atoms with Gasteiger partial charge in [0, 0.05) is 36.4 Å². The lowest BCUT2D eigenvalue weighted by atomic mass is 10.0. The van der Waals surface area contributed by atoms with Gasteiger partial charge in [0.25, 0.3) is 0 Å². The molecule has 3 heterocycles. The molecule has 0 spiro atoms. The molecule has 24 heavy (non-hydrogen) atoms. The topological polar surface area (TPSA) is 46.9 Å². The molecule has 4 heteroatoms. The zero-order valence-corrected chi connectivity index (χ0v) is 13.7. The lowest BCUT2D eigenvalue weighted by Gasteiger charge is -2.16. The minimum atomic E-state index is 0.238. The van der Waals surface area contributed by atoms with E-state index in [2.05, 4.69) is 34.6 Å². The van der Waals surface area contributed by atoms with Crippen molar-refractivity contribution in [3.63, 3.8) is 0 Å². The van der Waals surface area contributed by atoms with Gasteiger partial charge in [-0.2, -0.15) is 0 Å². The third-order valence-electron chi connectivity index (χ3n) is 4.75. The van der Waals surface area contributed by atoms with Gasteiger partial charge in [-0.3, -0.25) is 14.3 Å². The molecular formula is C20H21N3O. The summed E-state index contributed by atoms with van der Waals surface area (Å²) in [7, 11) is 0. The van der Waals surface area contributed by atoms with Gasteiger partial charge >= 0.3 is 0 Å². The number of benzene rings is 1. The smallest absolute Gasteiger partial charge is 0.231 e. The van der Waals surface area contributed by atoms with Gasteiger partial charge in [0.05, 0.1) is 5.52 Å². The van der Waals surface area contributed by atoms with Crippen LogP contribution in [0.2, 0.25) is 0 Å². The van der Waals surface area contributed by atoms with E-state index in [0.717, 1.165) is 37.9 Å². The van der Waals surface area contributed by atoms with Crippen LogP contribution in [0.15, 0.2) is 48.8 Å². The van der Waals surface area contributed by atoms with E-state index in [1.54, 1.807) is 6.20 Å². The molecule has 0 aliphatic carbocycles. The second-order valence-corrected chi connectivity index (χ2v) is 6.31. The summed E-state index contributed by atoms with van der Waals surface area (Å²) in [5.41, 5.74) is 4.81. The Kier molecular flexibility index (Phi) is 4.13. The van der Waals surface area contributed by atoms with E-state index < -0.39 is 0 Å². The molecule has 1 aliphatic rings. The maximum absolute atomic E-state index is 12.4. The van der Waals surface area contributed by atoms with Gasteiger partial charge in [-0.05, 0) is 49.1 Å². The molecule has 0 bridgehead atoms. The van der Waals surface area contributed by atoms with Gasteiger partial charge in [-0.1, -0.05) is 24.3 Å². The Labute approximate surface area is 141 Å². The summed E-state index contributed by atoms with van der Waals surface area (Å²) in [6, 6.07) is 12.3. The first kappa shape index (κ1) is 15.1. The highest BCUT2D eigenvalue weighted by atomic mass is 16.2. The average Bonchev–Trinajstić information content (AvgIpc) is 2.95. The molecule has 122 valence electrons. The van der Waals surface area contributed by atoms with Gasteiger partial charge in [0.1, 0.15) is 0 Å². The van der Waals surface area contributed by atoms with Gasteiger partial charge in [-0.15, -0.1) is 0 Å². The van der Waals surface area contributed by atoms with Crippen LogP contribution in [-0.2, 0) is 19.4 Å². The molecule has 0 radical (unpaired) electrons. The van der Waals surface area contributed by atoms with Crippen LogP contribution in [0.3, 0.4) is 0 Å². The molecule has 0 unspecified atom stereocenters. The molecule has 0 atom stereocenters. The molecule has 1 aromatic carbocycles. The van der Waals surface area contributed by atoms with Crippen molar-refractivity contribution in [1.29, 1.82) is 0 Å². The zero-order valence-electron chi connectivity index (χ0n) is 13.7. The molecule has 0 saturated heterocycles. The van der Waals surface area contributed by atoms with Crippen molar-refractivity contribution in [2.24, 2.45) is 0 Å². The Morgan fingerprint density at radius 2 is 2.04 bits per heavy atom. The summed E-state index contributed by atoms with van der Waals surface area (Å²) in [6.45, 7) is 1.71. The summed E-state index contributed by atoms with van der Waals surface area (Å²) < 4.78 is 1.95. The van der Waals surface area contributed by atoms with Crippen LogP contribution in [0.4, 0.5) is 0 Å². The van der Waals surface area contributed by atoms with Crippen molar-refractivity contribution < 1.29 is 4.79 Å². The van der Waals surface area contributed by atoms with Crippen LogP contribution in [0.25, 0.3) is 10.9 Å². The Morgan fingerprint density at radius 3 is 2.92 bits per heavy atom. The number of aromatic nitrogens is 2. The SMILES string of the molecule is O=C1CCCc2c(CCNCc3cccnc3)c3ccccc3n21. The third-order valence-corrected chi connectivity index (χ3v) is 4.75. The van der Waals surface area contributed by atoms with Crippen molar-refractivity contribution in [3.8, 4) is 0 Å². The Hall–Kier alpha value is -2.46. The van der Waals surface area contributed by atoms with Crippen LogP contribution in [0, 0.1) is 0 Å². The van der Waals surface area contributed by atoms with Gasteiger partial charge < -0.3 is 5.32 Å². The number of rotatable bonds is 5. The molecular weight excluding hydrogens is 298 g/mol. The standard InChI is InChI=1S/C20H21N3O/c24-20-9-3-8-19-17(16-6-1-2-7-18(16)23(19)20)10-12-22-14-15-5-4-11-21-13-15/h1-2,4-7,11,13,22H,3,8-10,12,14H2. The molecule has 4 nitrogen and oxygen atoms in total. The van der Waals surface area contributed by atoms with E-state index in [4.69, 9.17) is 0 Å². The van der Waals surface area contributed by atoms with Crippen LogP contribution < -0.4 is 5.32 Å². The van der Waals surface area contributed by atoms with Gasteiger partial charge in [0.2, 0.25) is 5.91 Å². The monoisotopic (exact) mass is 319 g/mol. The van der Waals surface area contributed by atoms with E-state index >= 15 is 0 Å². The zero-order chi connectivity index (χ0) is 16.4. The highest BCUT2D eigenvalue weighted by molar-refractivity contribution is 5.96. The highest BCUT2D eigenvalue weighted by Crippen LogP contribution is 2.30. The van der Waals surface area contributed by atoms with Crippen molar-refractivity contribution in [3.05, 3.63) is 65.6 Å². The summed E-state index contributed by atoms with van der Waals surface area (Å²) in [4.78, 5) is 16.5. The average molecular weight is 319 g/mol. The first-order valence-electron chi connectivity index (χ1n) is 8.58. The summed E-state index contributed by atoms with van der Waals surface area (Å²) in [5.74, 6) is 0.238. The first-order valence-corrected chi connectivity index (χ1v) is 8.58. The highest BCUT2D eigenvalue weighted by Gasteiger charge is 2.23. The molecule has 1 aliphatic heterocycles. The van der Waals surface area contributed by atoms with Crippen molar-refractivity contribution >= 4 is 16.8 Å². The van der Waals surface area contributed by atoms with Crippen LogP contribution in [0.1, 0.15) is 34.5 Å². The molecule has 1 N–H and O–H groups in total. The Bertz CT molecular complexity index is 867. The Balaban J connectivity index is 1.55. The maximum atomic E-state index is 12.4. The van der Waals surface area contributed by atoms with E-state index in [9.17, 15) is 4.79 Å². The normalized spacial score (nSPS) is 14.1. The first-order chi connectivity index (χ1) is 11.8. The fraction of sp³-hybridized carbons (Fsp3) is 0.300. The molecule has 0 amide bonds. The number of nitrogens with one attached hydrogen (secondary N) is 1. The molecule has 3 aromatic rings. The van der Waals surface area contributed by atoms with Crippen molar-refractivity contribution in [1.82, 2.24) is 14.9 Å². The summed E-state index contributed by atoms with van der Waals surface area (Å²) in [5, 5.41) is 4.72. The lowest BCUT2D eigenvalue weighted by molar-refractivity contribution is 0.0889.